The second kappa shape index (κ2) is 5.25. The number of anilines is 1. The standard InChI is InChI=1S/C15H16N2O2S/c18-13(19)15(7-4-8-15)10-16-14-17-12(9-20-14)11-5-2-1-3-6-11/h1-3,5-6,9H,4,7-8,10H2,(H,16,17)(H,18,19). The minimum atomic E-state index is -0.698. The molecule has 0 spiro atoms. The molecule has 5 heteroatoms. The van der Waals surface area contributed by atoms with Gasteiger partial charge in [0.15, 0.2) is 5.13 Å². The van der Waals surface area contributed by atoms with Crippen molar-refractivity contribution in [3.63, 3.8) is 0 Å². The number of benzene rings is 1. The Kier molecular flexibility index (Phi) is 3.44. The van der Waals surface area contributed by atoms with Crippen LogP contribution in [0.3, 0.4) is 0 Å². The number of aliphatic carboxylic acids is 1. The summed E-state index contributed by atoms with van der Waals surface area (Å²) in [6, 6.07) is 9.97. The lowest BCUT2D eigenvalue weighted by molar-refractivity contribution is -0.153. The number of hydrogen-bond donors (Lipinski definition) is 2. The van der Waals surface area contributed by atoms with E-state index >= 15 is 0 Å². The number of nitrogens with one attached hydrogen (secondary N) is 1. The topological polar surface area (TPSA) is 62.2 Å². The van der Waals surface area contributed by atoms with Crippen LogP contribution < -0.4 is 5.32 Å². The summed E-state index contributed by atoms with van der Waals surface area (Å²) in [4.78, 5) is 15.8. The minimum Gasteiger partial charge on any atom is -0.481 e. The number of rotatable bonds is 5. The molecule has 0 saturated heterocycles. The summed E-state index contributed by atoms with van der Waals surface area (Å²) in [7, 11) is 0. The fourth-order valence-electron chi connectivity index (χ4n) is 2.41. The summed E-state index contributed by atoms with van der Waals surface area (Å²) < 4.78 is 0. The molecule has 0 unspecified atom stereocenters. The van der Waals surface area contributed by atoms with Gasteiger partial charge in [0.1, 0.15) is 0 Å². The first kappa shape index (κ1) is 13.1. The Labute approximate surface area is 121 Å². The van der Waals surface area contributed by atoms with E-state index in [-0.39, 0.29) is 0 Å². The van der Waals surface area contributed by atoms with E-state index in [0.29, 0.717) is 6.54 Å². The lowest BCUT2D eigenvalue weighted by Crippen LogP contribution is -2.43. The molecule has 1 aromatic heterocycles. The van der Waals surface area contributed by atoms with E-state index in [1.54, 1.807) is 0 Å². The Bertz CT molecular complexity index is 605. The largest absolute Gasteiger partial charge is 0.481 e. The Morgan fingerprint density at radius 3 is 2.70 bits per heavy atom. The van der Waals surface area contributed by atoms with Gasteiger partial charge in [-0.15, -0.1) is 11.3 Å². The third-order valence-corrected chi connectivity index (χ3v) is 4.72. The first-order valence-electron chi connectivity index (χ1n) is 6.68. The molecule has 0 bridgehead atoms. The zero-order chi connectivity index (χ0) is 14.0. The third kappa shape index (κ3) is 2.41. The average molecular weight is 288 g/mol. The second-order valence-electron chi connectivity index (χ2n) is 5.20. The second-order valence-corrected chi connectivity index (χ2v) is 6.05. The molecule has 3 rings (SSSR count). The molecule has 20 heavy (non-hydrogen) atoms. The normalized spacial score (nSPS) is 16.4. The highest BCUT2D eigenvalue weighted by atomic mass is 32.1. The molecule has 0 amide bonds. The molecule has 0 aliphatic heterocycles. The van der Waals surface area contributed by atoms with Crippen LogP contribution in [0.25, 0.3) is 11.3 Å². The fraction of sp³-hybridized carbons (Fsp3) is 0.333. The summed E-state index contributed by atoms with van der Waals surface area (Å²) in [5.41, 5.74) is 1.42. The van der Waals surface area contributed by atoms with Crippen molar-refractivity contribution in [1.29, 1.82) is 0 Å². The van der Waals surface area contributed by atoms with Gasteiger partial charge in [-0.05, 0) is 12.8 Å². The summed E-state index contributed by atoms with van der Waals surface area (Å²) in [6.45, 7) is 0.462. The maximum Gasteiger partial charge on any atom is 0.311 e. The molecule has 1 saturated carbocycles. The van der Waals surface area contributed by atoms with Gasteiger partial charge in [-0.3, -0.25) is 4.79 Å². The van der Waals surface area contributed by atoms with Crippen molar-refractivity contribution in [2.75, 3.05) is 11.9 Å². The molecule has 1 aliphatic rings. The smallest absolute Gasteiger partial charge is 0.311 e. The third-order valence-electron chi connectivity index (χ3n) is 3.92. The first-order chi connectivity index (χ1) is 9.70. The lowest BCUT2D eigenvalue weighted by atomic mass is 9.69. The quantitative estimate of drug-likeness (QED) is 0.884. The van der Waals surface area contributed by atoms with Gasteiger partial charge in [0, 0.05) is 17.5 Å². The Morgan fingerprint density at radius 1 is 1.35 bits per heavy atom. The number of carboxylic acids is 1. The van der Waals surface area contributed by atoms with Crippen LogP contribution in [0.2, 0.25) is 0 Å². The van der Waals surface area contributed by atoms with Crippen molar-refractivity contribution in [2.45, 2.75) is 19.3 Å². The molecule has 2 N–H and O–H groups in total. The van der Waals surface area contributed by atoms with Crippen LogP contribution in [0.1, 0.15) is 19.3 Å². The van der Waals surface area contributed by atoms with E-state index in [4.69, 9.17) is 0 Å². The summed E-state index contributed by atoms with van der Waals surface area (Å²) in [5, 5.41) is 15.3. The SMILES string of the molecule is O=C(O)C1(CNc2nc(-c3ccccc3)cs2)CCC1. The number of aromatic nitrogens is 1. The number of carbonyl (C=O) groups is 1. The van der Waals surface area contributed by atoms with E-state index < -0.39 is 11.4 Å². The molecule has 1 aliphatic carbocycles. The minimum absolute atomic E-state index is 0.462. The summed E-state index contributed by atoms with van der Waals surface area (Å²) in [6.07, 6.45) is 2.51. The van der Waals surface area contributed by atoms with E-state index in [2.05, 4.69) is 10.3 Å². The molecular weight excluding hydrogens is 272 g/mol. The number of nitrogens with zero attached hydrogens (tertiary/aromatic N) is 1. The molecule has 0 radical (unpaired) electrons. The van der Waals surface area contributed by atoms with Gasteiger partial charge in [-0.1, -0.05) is 36.8 Å². The molecular formula is C15H16N2O2S. The van der Waals surface area contributed by atoms with Gasteiger partial charge in [0.2, 0.25) is 0 Å². The maximum atomic E-state index is 11.3. The van der Waals surface area contributed by atoms with Crippen LogP contribution in [0, 0.1) is 5.41 Å². The van der Waals surface area contributed by atoms with Crippen molar-refractivity contribution in [1.82, 2.24) is 4.98 Å². The zero-order valence-electron chi connectivity index (χ0n) is 11.0. The van der Waals surface area contributed by atoms with Crippen LogP contribution in [0.15, 0.2) is 35.7 Å². The average Bonchev–Trinajstić information content (AvgIpc) is 2.87. The Morgan fingerprint density at radius 2 is 2.10 bits per heavy atom. The van der Waals surface area contributed by atoms with Crippen LogP contribution in [-0.2, 0) is 4.79 Å². The summed E-state index contributed by atoms with van der Waals surface area (Å²) >= 11 is 1.52. The number of carboxylic acid groups (broad SMARTS) is 1. The highest BCUT2D eigenvalue weighted by Gasteiger charge is 2.44. The van der Waals surface area contributed by atoms with Crippen LogP contribution in [-0.4, -0.2) is 22.6 Å². The predicted molar refractivity (Wildman–Crippen MR) is 80.0 cm³/mol. The van der Waals surface area contributed by atoms with Gasteiger partial charge in [-0.2, -0.15) is 0 Å². The van der Waals surface area contributed by atoms with Crippen molar-refractivity contribution in [3.8, 4) is 11.3 Å². The van der Waals surface area contributed by atoms with Crippen LogP contribution >= 0.6 is 11.3 Å². The van der Waals surface area contributed by atoms with Crippen molar-refractivity contribution >= 4 is 22.4 Å². The Balaban J connectivity index is 1.68. The van der Waals surface area contributed by atoms with Crippen LogP contribution in [0.5, 0.6) is 0 Å². The van der Waals surface area contributed by atoms with Gasteiger partial charge in [0.25, 0.3) is 0 Å². The monoisotopic (exact) mass is 288 g/mol. The molecule has 2 aromatic rings. The van der Waals surface area contributed by atoms with Crippen molar-refractivity contribution in [3.05, 3.63) is 35.7 Å². The molecule has 1 fully saturated rings. The maximum absolute atomic E-state index is 11.3. The zero-order valence-corrected chi connectivity index (χ0v) is 11.8. The van der Waals surface area contributed by atoms with Crippen molar-refractivity contribution in [2.24, 2.45) is 5.41 Å². The predicted octanol–water partition coefficient (Wildman–Crippen LogP) is 3.48. The van der Waals surface area contributed by atoms with E-state index in [1.807, 2.05) is 35.7 Å². The summed E-state index contributed by atoms with van der Waals surface area (Å²) in [5.74, 6) is -0.698. The van der Waals surface area contributed by atoms with E-state index in [0.717, 1.165) is 35.7 Å². The highest BCUT2D eigenvalue weighted by molar-refractivity contribution is 7.14. The molecule has 1 heterocycles. The van der Waals surface area contributed by atoms with Crippen molar-refractivity contribution < 1.29 is 9.90 Å². The molecule has 0 atom stereocenters. The van der Waals surface area contributed by atoms with Gasteiger partial charge >= 0.3 is 5.97 Å². The first-order valence-corrected chi connectivity index (χ1v) is 7.56. The van der Waals surface area contributed by atoms with E-state index in [1.165, 1.54) is 11.3 Å². The highest BCUT2D eigenvalue weighted by Crippen LogP contribution is 2.41. The fourth-order valence-corrected chi connectivity index (χ4v) is 3.13. The number of hydrogen-bond acceptors (Lipinski definition) is 4. The number of thiazole rings is 1. The van der Waals surface area contributed by atoms with Gasteiger partial charge in [-0.25, -0.2) is 4.98 Å². The van der Waals surface area contributed by atoms with Crippen LogP contribution in [0.4, 0.5) is 5.13 Å². The van der Waals surface area contributed by atoms with Gasteiger partial charge in [0.05, 0.1) is 11.1 Å². The Hall–Kier alpha value is -1.88. The molecule has 104 valence electrons. The lowest BCUT2D eigenvalue weighted by Gasteiger charge is -2.37. The molecule has 1 aromatic carbocycles. The van der Waals surface area contributed by atoms with Gasteiger partial charge < -0.3 is 10.4 Å². The molecule has 4 nitrogen and oxygen atoms in total. The van der Waals surface area contributed by atoms with E-state index in [9.17, 15) is 9.90 Å².